The van der Waals surface area contributed by atoms with Gasteiger partial charge in [0.2, 0.25) is 0 Å². The maximum Gasteiger partial charge on any atom is 0.0596 e. The van der Waals surface area contributed by atoms with Gasteiger partial charge in [-0.15, -0.1) is 0 Å². The minimum absolute atomic E-state index is 0.705. The third-order valence-electron chi connectivity index (χ3n) is 3.03. The summed E-state index contributed by atoms with van der Waals surface area (Å²) in [7, 11) is 2.06. The zero-order valence-corrected chi connectivity index (χ0v) is 9.08. The number of aromatic nitrogens is 2. The number of rotatable bonds is 1. The predicted octanol–water partition coefficient (Wildman–Crippen LogP) is 1.59. The summed E-state index contributed by atoms with van der Waals surface area (Å²) < 4.78 is 2.05. The molecule has 2 rings (SSSR count). The van der Waals surface area contributed by atoms with Crippen LogP contribution >= 0.6 is 0 Å². The normalized spacial score (nSPS) is 23.4. The Morgan fingerprint density at radius 2 is 2.29 bits per heavy atom. The molecule has 0 aliphatic carbocycles. The SMILES string of the molecule is Cc1cc(C2CCCNCC2)n(C)n1. The zero-order chi connectivity index (χ0) is 9.97. The van der Waals surface area contributed by atoms with Gasteiger partial charge >= 0.3 is 0 Å². The zero-order valence-electron chi connectivity index (χ0n) is 9.08. The summed E-state index contributed by atoms with van der Waals surface area (Å²) in [4.78, 5) is 0. The molecule has 0 bridgehead atoms. The Balaban J connectivity index is 2.15. The quantitative estimate of drug-likeness (QED) is 0.734. The molecule has 0 spiro atoms. The second-order valence-electron chi connectivity index (χ2n) is 4.21. The predicted molar refractivity (Wildman–Crippen MR) is 57.4 cm³/mol. The molecule has 1 N–H and O–H groups in total. The molecule has 1 unspecified atom stereocenters. The summed E-state index contributed by atoms with van der Waals surface area (Å²) in [6, 6.07) is 2.23. The molecule has 0 saturated carbocycles. The van der Waals surface area contributed by atoms with Crippen molar-refractivity contribution in [3.63, 3.8) is 0 Å². The van der Waals surface area contributed by atoms with Crippen molar-refractivity contribution in [2.75, 3.05) is 13.1 Å². The van der Waals surface area contributed by atoms with Crippen molar-refractivity contribution in [1.82, 2.24) is 15.1 Å². The van der Waals surface area contributed by atoms with Crippen molar-refractivity contribution in [1.29, 1.82) is 0 Å². The van der Waals surface area contributed by atoms with Gasteiger partial charge in [-0.05, 0) is 45.3 Å². The van der Waals surface area contributed by atoms with E-state index in [-0.39, 0.29) is 0 Å². The molecule has 0 amide bonds. The first-order valence-electron chi connectivity index (χ1n) is 5.48. The molecular weight excluding hydrogens is 174 g/mol. The number of nitrogens with one attached hydrogen (secondary N) is 1. The summed E-state index contributed by atoms with van der Waals surface area (Å²) >= 11 is 0. The summed E-state index contributed by atoms with van der Waals surface area (Å²) in [5.74, 6) is 0.705. The average molecular weight is 193 g/mol. The van der Waals surface area contributed by atoms with E-state index in [1.54, 1.807) is 0 Å². The van der Waals surface area contributed by atoms with E-state index in [1.165, 1.54) is 31.5 Å². The van der Waals surface area contributed by atoms with Crippen LogP contribution in [0.5, 0.6) is 0 Å². The van der Waals surface area contributed by atoms with E-state index in [0.29, 0.717) is 5.92 Å². The molecule has 0 aromatic carbocycles. The highest BCUT2D eigenvalue weighted by Crippen LogP contribution is 2.25. The van der Waals surface area contributed by atoms with Crippen molar-refractivity contribution in [3.05, 3.63) is 17.5 Å². The van der Waals surface area contributed by atoms with Crippen LogP contribution in [0.3, 0.4) is 0 Å². The average Bonchev–Trinajstić information content (AvgIpc) is 2.43. The molecule has 0 radical (unpaired) electrons. The molecule has 1 aromatic rings. The van der Waals surface area contributed by atoms with Gasteiger partial charge in [0.15, 0.2) is 0 Å². The molecule has 1 aromatic heterocycles. The van der Waals surface area contributed by atoms with E-state index in [4.69, 9.17) is 0 Å². The van der Waals surface area contributed by atoms with Crippen LogP contribution in [0.15, 0.2) is 6.07 Å². The fourth-order valence-electron chi connectivity index (χ4n) is 2.33. The minimum Gasteiger partial charge on any atom is -0.317 e. The second kappa shape index (κ2) is 4.13. The Morgan fingerprint density at radius 1 is 1.43 bits per heavy atom. The van der Waals surface area contributed by atoms with E-state index >= 15 is 0 Å². The van der Waals surface area contributed by atoms with Gasteiger partial charge in [-0.2, -0.15) is 5.10 Å². The molecule has 1 fully saturated rings. The molecular formula is C11H19N3. The molecule has 3 nitrogen and oxygen atoms in total. The molecule has 14 heavy (non-hydrogen) atoms. The summed E-state index contributed by atoms with van der Waals surface area (Å²) in [6.07, 6.45) is 3.83. The van der Waals surface area contributed by atoms with Crippen LogP contribution in [-0.2, 0) is 7.05 Å². The molecule has 1 atom stereocenters. The highest BCUT2D eigenvalue weighted by Gasteiger charge is 2.17. The van der Waals surface area contributed by atoms with Gasteiger partial charge in [0.25, 0.3) is 0 Å². The number of nitrogens with zero attached hydrogens (tertiary/aromatic N) is 2. The monoisotopic (exact) mass is 193 g/mol. The van der Waals surface area contributed by atoms with Crippen molar-refractivity contribution in [3.8, 4) is 0 Å². The molecule has 1 aliphatic rings. The number of aryl methyl sites for hydroxylation is 2. The highest BCUT2D eigenvalue weighted by molar-refractivity contribution is 5.14. The Kier molecular flexibility index (Phi) is 2.87. The largest absolute Gasteiger partial charge is 0.317 e. The Bertz CT molecular complexity index is 295. The lowest BCUT2D eigenvalue weighted by molar-refractivity contribution is 0.552. The van der Waals surface area contributed by atoms with Gasteiger partial charge in [0, 0.05) is 18.7 Å². The van der Waals surface area contributed by atoms with Crippen LogP contribution in [0, 0.1) is 6.92 Å². The second-order valence-corrected chi connectivity index (χ2v) is 4.21. The van der Waals surface area contributed by atoms with Gasteiger partial charge in [-0.1, -0.05) is 0 Å². The Morgan fingerprint density at radius 3 is 3.00 bits per heavy atom. The molecule has 1 saturated heterocycles. The fraction of sp³-hybridized carbons (Fsp3) is 0.727. The minimum atomic E-state index is 0.705. The lowest BCUT2D eigenvalue weighted by atomic mass is 9.97. The smallest absolute Gasteiger partial charge is 0.0596 e. The van der Waals surface area contributed by atoms with Gasteiger partial charge in [0.05, 0.1) is 5.69 Å². The van der Waals surface area contributed by atoms with E-state index in [0.717, 1.165) is 12.2 Å². The summed E-state index contributed by atoms with van der Waals surface area (Å²) in [5.41, 5.74) is 2.55. The van der Waals surface area contributed by atoms with Crippen molar-refractivity contribution in [2.45, 2.75) is 32.1 Å². The van der Waals surface area contributed by atoms with Crippen LogP contribution in [0.1, 0.15) is 36.6 Å². The lowest BCUT2D eigenvalue weighted by Crippen LogP contribution is -2.14. The summed E-state index contributed by atoms with van der Waals surface area (Å²) in [6.45, 7) is 4.39. The first-order valence-corrected chi connectivity index (χ1v) is 5.48. The van der Waals surface area contributed by atoms with E-state index in [1.807, 2.05) is 4.68 Å². The summed E-state index contributed by atoms with van der Waals surface area (Å²) in [5, 5.41) is 7.86. The Labute approximate surface area is 85.5 Å². The maximum atomic E-state index is 4.41. The number of hydrogen-bond donors (Lipinski definition) is 1. The first kappa shape index (κ1) is 9.71. The Hall–Kier alpha value is -0.830. The van der Waals surface area contributed by atoms with Crippen LogP contribution < -0.4 is 5.32 Å². The molecule has 3 heteroatoms. The fourth-order valence-corrected chi connectivity index (χ4v) is 2.33. The third-order valence-corrected chi connectivity index (χ3v) is 3.03. The van der Waals surface area contributed by atoms with Gasteiger partial charge < -0.3 is 5.32 Å². The third kappa shape index (κ3) is 1.98. The first-order chi connectivity index (χ1) is 6.77. The van der Waals surface area contributed by atoms with Gasteiger partial charge in [0.1, 0.15) is 0 Å². The van der Waals surface area contributed by atoms with Crippen molar-refractivity contribution < 1.29 is 0 Å². The van der Waals surface area contributed by atoms with E-state index in [9.17, 15) is 0 Å². The molecule has 2 heterocycles. The highest BCUT2D eigenvalue weighted by atomic mass is 15.3. The van der Waals surface area contributed by atoms with Crippen LogP contribution in [0.4, 0.5) is 0 Å². The number of hydrogen-bond acceptors (Lipinski definition) is 2. The van der Waals surface area contributed by atoms with E-state index < -0.39 is 0 Å². The topological polar surface area (TPSA) is 29.9 Å². The van der Waals surface area contributed by atoms with E-state index in [2.05, 4.69) is 30.5 Å². The molecule has 1 aliphatic heterocycles. The maximum absolute atomic E-state index is 4.41. The standard InChI is InChI=1S/C11H19N3/c1-9-8-11(14(2)13-9)10-4-3-6-12-7-5-10/h8,10,12H,3-7H2,1-2H3. The van der Waals surface area contributed by atoms with Crippen molar-refractivity contribution in [2.24, 2.45) is 7.05 Å². The van der Waals surface area contributed by atoms with Gasteiger partial charge in [-0.3, -0.25) is 4.68 Å². The van der Waals surface area contributed by atoms with Gasteiger partial charge in [-0.25, -0.2) is 0 Å². The molecule has 78 valence electrons. The van der Waals surface area contributed by atoms with Crippen LogP contribution in [0.25, 0.3) is 0 Å². The lowest BCUT2D eigenvalue weighted by Gasteiger charge is -2.13. The van der Waals surface area contributed by atoms with Crippen LogP contribution in [-0.4, -0.2) is 22.9 Å². The van der Waals surface area contributed by atoms with Crippen molar-refractivity contribution >= 4 is 0 Å². The van der Waals surface area contributed by atoms with Crippen LogP contribution in [0.2, 0.25) is 0 Å².